The second kappa shape index (κ2) is 7.62. The van der Waals surface area contributed by atoms with Crippen molar-refractivity contribution < 1.29 is 9.59 Å². The van der Waals surface area contributed by atoms with Crippen LogP contribution in [0.25, 0.3) is 0 Å². The topological polar surface area (TPSA) is 64.7 Å². The SMILES string of the molecule is CC(C(=O)NC1CCCC1)N1CCN(C(=O)C2CCCN2)CC1. The molecule has 23 heavy (non-hydrogen) atoms. The smallest absolute Gasteiger partial charge is 0.239 e. The van der Waals surface area contributed by atoms with Gasteiger partial charge in [-0.2, -0.15) is 0 Å². The van der Waals surface area contributed by atoms with Crippen LogP contribution in [-0.2, 0) is 9.59 Å². The molecule has 0 aromatic carbocycles. The zero-order valence-electron chi connectivity index (χ0n) is 14.2. The van der Waals surface area contributed by atoms with Crippen molar-refractivity contribution in [3.05, 3.63) is 0 Å². The van der Waals surface area contributed by atoms with Gasteiger partial charge in [0.15, 0.2) is 0 Å². The van der Waals surface area contributed by atoms with Crippen LogP contribution < -0.4 is 10.6 Å². The van der Waals surface area contributed by atoms with Crippen molar-refractivity contribution in [2.24, 2.45) is 0 Å². The highest BCUT2D eigenvalue weighted by Crippen LogP contribution is 2.18. The fourth-order valence-electron chi connectivity index (χ4n) is 4.00. The van der Waals surface area contributed by atoms with Crippen LogP contribution in [0.15, 0.2) is 0 Å². The number of carbonyl (C=O) groups is 2. The lowest BCUT2D eigenvalue weighted by Crippen LogP contribution is -2.57. The Bertz CT molecular complexity index is 422. The summed E-state index contributed by atoms with van der Waals surface area (Å²) < 4.78 is 0. The van der Waals surface area contributed by atoms with Gasteiger partial charge in [0.05, 0.1) is 12.1 Å². The number of nitrogens with zero attached hydrogens (tertiary/aromatic N) is 2. The highest BCUT2D eigenvalue weighted by Gasteiger charge is 2.32. The van der Waals surface area contributed by atoms with E-state index >= 15 is 0 Å². The van der Waals surface area contributed by atoms with E-state index in [0.717, 1.165) is 58.4 Å². The largest absolute Gasteiger partial charge is 0.352 e. The van der Waals surface area contributed by atoms with Gasteiger partial charge < -0.3 is 15.5 Å². The first kappa shape index (κ1) is 16.7. The van der Waals surface area contributed by atoms with E-state index in [2.05, 4.69) is 15.5 Å². The summed E-state index contributed by atoms with van der Waals surface area (Å²) in [6.07, 6.45) is 6.75. The molecule has 2 heterocycles. The molecular weight excluding hydrogens is 292 g/mol. The molecule has 2 aliphatic heterocycles. The van der Waals surface area contributed by atoms with E-state index < -0.39 is 0 Å². The van der Waals surface area contributed by atoms with Crippen molar-refractivity contribution in [1.29, 1.82) is 0 Å². The molecule has 0 bridgehead atoms. The van der Waals surface area contributed by atoms with Gasteiger partial charge in [-0.15, -0.1) is 0 Å². The molecule has 6 heteroatoms. The zero-order valence-corrected chi connectivity index (χ0v) is 14.2. The van der Waals surface area contributed by atoms with Crippen molar-refractivity contribution in [1.82, 2.24) is 20.4 Å². The minimum atomic E-state index is -0.0996. The highest BCUT2D eigenvalue weighted by atomic mass is 16.2. The Morgan fingerprint density at radius 1 is 1.04 bits per heavy atom. The summed E-state index contributed by atoms with van der Waals surface area (Å²) >= 11 is 0. The van der Waals surface area contributed by atoms with Gasteiger partial charge in [-0.1, -0.05) is 12.8 Å². The summed E-state index contributed by atoms with van der Waals surface area (Å²) in [6.45, 7) is 5.99. The number of piperazine rings is 1. The van der Waals surface area contributed by atoms with Crippen LogP contribution in [-0.4, -0.2) is 72.5 Å². The van der Waals surface area contributed by atoms with Crippen LogP contribution in [0, 0.1) is 0 Å². The van der Waals surface area contributed by atoms with Crippen molar-refractivity contribution in [2.75, 3.05) is 32.7 Å². The van der Waals surface area contributed by atoms with Gasteiger partial charge in [-0.25, -0.2) is 0 Å². The maximum absolute atomic E-state index is 12.4. The molecule has 130 valence electrons. The van der Waals surface area contributed by atoms with Crippen LogP contribution in [0.2, 0.25) is 0 Å². The summed E-state index contributed by atoms with van der Waals surface area (Å²) in [5.41, 5.74) is 0. The first-order valence-electron chi connectivity index (χ1n) is 9.22. The minimum Gasteiger partial charge on any atom is -0.352 e. The molecule has 0 spiro atoms. The number of nitrogens with one attached hydrogen (secondary N) is 2. The quantitative estimate of drug-likeness (QED) is 0.783. The summed E-state index contributed by atoms with van der Waals surface area (Å²) in [7, 11) is 0. The van der Waals surface area contributed by atoms with Gasteiger partial charge >= 0.3 is 0 Å². The lowest BCUT2D eigenvalue weighted by Gasteiger charge is -2.38. The van der Waals surface area contributed by atoms with Crippen LogP contribution in [0.1, 0.15) is 45.4 Å². The van der Waals surface area contributed by atoms with E-state index in [0.29, 0.717) is 6.04 Å². The molecule has 2 unspecified atom stereocenters. The number of amides is 2. The second-order valence-electron chi connectivity index (χ2n) is 7.18. The number of rotatable bonds is 4. The van der Waals surface area contributed by atoms with Gasteiger partial charge in [0.2, 0.25) is 11.8 Å². The Kier molecular flexibility index (Phi) is 5.54. The lowest BCUT2D eigenvalue weighted by atomic mass is 10.1. The van der Waals surface area contributed by atoms with Gasteiger partial charge in [0.25, 0.3) is 0 Å². The fourth-order valence-corrected chi connectivity index (χ4v) is 4.00. The van der Waals surface area contributed by atoms with Gasteiger partial charge in [0, 0.05) is 32.2 Å². The molecule has 2 atom stereocenters. The third-order valence-electron chi connectivity index (χ3n) is 5.61. The van der Waals surface area contributed by atoms with Gasteiger partial charge in [-0.05, 0) is 39.2 Å². The molecule has 1 saturated carbocycles. The van der Waals surface area contributed by atoms with Crippen molar-refractivity contribution >= 4 is 11.8 Å². The molecule has 1 aliphatic carbocycles. The van der Waals surface area contributed by atoms with Crippen LogP contribution in [0.4, 0.5) is 0 Å². The van der Waals surface area contributed by atoms with Gasteiger partial charge in [0.1, 0.15) is 0 Å². The summed E-state index contributed by atoms with van der Waals surface area (Å²) in [5, 5.41) is 6.46. The van der Waals surface area contributed by atoms with E-state index in [1.54, 1.807) is 0 Å². The molecule has 3 fully saturated rings. The lowest BCUT2D eigenvalue weighted by molar-refractivity contribution is -0.136. The Hall–Kier alpha value is -1.14. The maximum Gasteiger partial charge on any atom is 0.239 e. The first-order chi connectivity index (χ1) is 11.1. The van der Waals surface area contributed by atoms with E-state index in [9.17, 15) is 9.59 Å². The predicted octanol–water partition coefficient (Wildman–Crippen LogP) is 0.330. The monoisotopic (exact) mass is 322 g/mol. The normalized spacial score (nSPS) is 28.0. The van der Waals surface area contributed by atoms with Crippen molar-refractivity contribution in [3.8, 4) is 0 Å². The average molecular weight is 322 g/mol. The van der Waals surface area contributed by atoms with E-state index in [1.165, 1.54) is 12.8 Å². The third-order valence-corrected chi connectivity index (χ3v) is 5.61. The minimum absolute atomic E-state index is 0.0182. The Morgan fingerprint density at radius 2 is 1.74 bits per heavy atom. The third kappa shape index (κ3) is 4.04. The maximum atomic E-state index is 12.4. The second-order valence-corrected chi connectivity index (χ2v) is 7.18. The molecular formula is C17H30N4O2. The van der Waals surface area contributed by atoms with Gasteiger partial charge in [-0.3, -0.25) is 14.5 Å². The van der Waals surface area contributed by atoms with Crippen LogP contribution >= 0.6 is 0 Å². The molecule has 3 rings (SSSR count). The van der Waals surface area contributed by atoms with Crippen LogP contribution in [0.3, 0.4) is 0 Å². The molecule has 0 radical (unpaired) electrons. The first-order valence-corrected chi connectivity index (χ1v) is 9.22. The summed E-state index contributed by atoms with van der Waals surface area (Å²) in [6, 6.07) is 0.295. The summed E-state index contributed by atoms with van der Waals surface area (Å²) in [4.78, 5) is 28.9. The Balaban J connectivity index is 1.44. The predicted molar refractivity (Wildman–Crippen MR) is 89.0 cm³/mol. The van der Waals surface area contributed by atoms with E-state index in [4.69, 9.17) is 0 Å². The Labute approximate surface area is 139 Å². The van der Waals surface area contributed by atoms with Crippen molar-refractivity contribution in [3.63, 3.8) is 0 Å². The average Bonchev–Trinajstić information content (AvgIpc) is 3.27. The number of hydrogen-bond donors (Lipinski definition) is 2. The zero-order chi connectivity index (χ0) is 16.2. The molecule has 0 aromatic heterocycles. The molecule has 3 aliphatic rings. The van der Waals surface area contributed by atoms with E-state index in [1.807, 2.05) is 11.8 Å². The Morgan fingerprint density at radius 3 is 2.35 bits per heavy atom. The summed E-state index contributed by atoms with van der Waals surface area (Å²) in [5.74, 6) is 0.388. The molecule has 6 nitrogen and oxygen atoms in total. The fraction of sp³-hybridized carbons (Fsp3) is 0.882. The number of hydrogen-bond acceptors (Lipinski definition) is 4. The number of carbonyl (C=O) groups excluding carboxylic acids is 2. The molecule has 0 aromatic rings. The van der Waals surface area contributed by atoms with E-state index in [-0.39, 0.29) is 23.9 Å². The highest BCUT2D eigenvalue weighted by molar-refractivity contribution is 5.83. The molecule has 2 amide bonds. The standard InChI is InChI=1S/C17H30N4O2/c1-13(16(22)19-14-5-2-3-6-14)20-9-11-21(12-10-20)17(23)15-7-4-8-18-15/h13-15,18H,2-12H2,1H3,(H,19,22). The van der Waals surface area contributed by atoms with Crippen LogP contribution in [0.5, 0.6) is 0 Å². The molecule has 2 saturated heterocycles. The molecule has 2 N–H and O–H groups in total. The van der Waals surface area contributed by atoms with Crippen molar-refractivity contribution in [2.45, 2.75) is 63.6 Å².